The van der Waals surface area contributed by atoms with E-state index in [1.807, 2.05) is 47.7 Å². The molecule has 1 unspecified atom stereocenters. The molecule has 0 spiro atoms. The van der Waals surface area contributed by atoms with Crippen molar-refractivity contribution in [3.8, 4) is 11.4 Å². The molecule has 0 radical (unpaired) electrons. The molecule has 0 bridgehead atoms. The van der Waals surface area contributed by atoms with E-state index in [9.17, 15) is 9.18 Å². The van der Waals surface area contributed by atoms with E-state index in [0.717, 1.165) is 11.1 Å². The Labute approximate surface area is 187 Å². The number of ether oxygens (including phenoxy) is 1. The third-order valence-corrected chi connectivity index (χ3v) is 6.43. The van der Waals surface area contributed by atoms with Crippen molar-refractivity contribution in [3.05, 3.63) is 94.5 Å². The zero-order valence-corrected chi connectivity index (χ0v) is 18.2. The number of rotatable bonds is 5. The van der Waals surface area contributed by atoms with Crippen molar-refractivity contribution in [3.63, 3.8) is 0 Å². The molecule has 32 heavy (non-hydrogen) atoms. The van der Waals surface area contributed by atoms with Gasteiger partial charge < -0.3 is 4.74 Å². The molecule has 0 aliphatic heterocycles. The van der Waals surface area contributed by atoms with Crippen LogP contribution in [0.5, 0.6) is 5.75 Å². The largest absolute Gasteiger partial charge is 0.497 e. The van der Waals surface area contributed by atoms with E-state index < -0.39 is 0 Å². The van der Waals surface area contributed by atoms with Crippen LogP contribution in [0.1, 0.15) is 17.7 Å². The molecule has 5 aromatic rings. The Bertz CT molecular complexity index is 1490. The van der Waals surface area contributed by atoms with Gasteiger partial charge in [0.1, 0.15) is 11.6 Å². The number of halogens is 1. The molecule has 0 saturated heterocycles. The molecule has 3 aromatic carbocycles. The molecule has 6 nitrogen and oxygen atoms in total. The number of hydrogen-bond acceptors (Lipinski definition) is 5. The Kier molecular flexibility index (Phi) is 5.14. The maximum Gasteiger partial charge on any atom is 0.267 e. The SMILES string of the molecule is COc1cccc(-n2c(=O)c3ccccc3n3c(SC(C)c4ccc(F)cc4)nnc23)c1. The van der Waals surface area contributed by atoms with Gasteiger partial charge in [-0.25, -0.2) is 8.96 Å². The summed E-state index contributed by atoms with van der Waals surface area (Å²) in [6.45, 7) is 2.03. The van der Waals surface area contributed by atoms with Gasteiger partial charge >= 0.3 is 0 Å². The van der Waals surface area contributed by atoms with Gasteiger partial charge in [-0.2, -0.15) is 0 Å². The first-order valence-corrected chi connectivity index (χ1v) is 10.9. The molecule has 0 aliphatic carbocycles. The molecule has 0 saturated carbocycles. The van der Waals surface area contributed by atoms with Crippen LogP contribution >= 0.6 is 11.8 Å². The average Bonchev–Trinajstić information content (AvgIpc) is 3.23. The van der Waals surface area contributed by atoms with Crippen LogP contribution < -0.4 is 10.3 Å². The van der Waals surface area contributed by atoms with Gasteiger partial charge in [0, 0.05) is 11.3 Å². The number of hydrogen-bond donors (Lipinski definition) is 0. The summed E-state index contributed by atoms with van der Waals surface area (Å²) in [6.07, 6.45) is 0. The van der Waals surface area contributed by atoms with Crippen LogP contribution in [0.25, 0.3) is 22.4 Å². The molecule has 1 atom stereocenters. The fourth-order valence-electron chi connectivity index (χ4n) is 3.70. The van der Waals surface area contributed by atoms with Gasteiger partial charge in [0.2, 0.25) is 5.78 Å². The molecular weight excluding hydrogens is 427 g/mol. The number of nitrogens with zero attached hydrogens (tertiary/aromatic N) is 4. The molecule has 0 amide bonds. The fraction of sp³-hybridized carbons (Fsp3) is 0.125. The molecule has 2 heterocycles. The Morgan fingerprint density at radius 1 is 1.00 bits per heavy atom. The summed E-state index contributed by atoms with van der Waals surface area (Å²) in [7, 11) is 1.58. The molecule has 0 N–H and O–H groups in total. The van der Waals surface area contributed by atoms with E-state index in [2.05, 4.69) is 10.2 Å². The molecule has 2 aromatic heterocycles. The van der Waals surface area contributed by atoms with Gasteiger partial charge in [0.05, 0.1) is 23.7 Å². The van der Waals surface area contributed by atoms with E-state index in [-0.39, 0.29) is 16.6 Å². The monoisotopic (exact) mass is 446 g/mol. The molecule has 8 heteroatoms. The van der Waals surface area contributed by atoms with Gasteiger partial charge in [0.25, 0.3) is 5.56 Å². The van der Waals surface area contributed by atoms with Crippen LogP contribution in [0.4, 0.5) is 4.39 Å². The van der Waals surface area contributed by atoms with Crippen LogP contribution in [0, 0.1) is 5.82 Å². The first-order chi connectivity index (χ1) is 15.6. The molecule has 0 fully saturated rings. The zero-order chi connectivity index (χ0) is 22.2. The van der Waals surface area contributed by atoms with Gasteiger partial charge in [-0.1, -0.05) is 42.1 Å². The highest BCUT2D eigenvalue weighted by Crippen LogP contribution is 2.35. The number of aromatic nitrogens is 4. The minimum absolute atomic E-state index is 0.000963. The van der Waals surface area contributed by atoms with Crippen molar-refractivity contribution in [2.24, 2.45) is 0 Å². The topological polar surface area (TPSA) is 61.4 Å². The minimum atomic E-state index is -0.271. The summed E-state index contributed by atoms with van der Waals surface area (Å²) in [5.74, 6) is 0.780. The number of benzene rings is 3. The Morgan fingerprint density at radius 2 is 1.78 bits per heavy atom. The average molecular weight is 447 g/mol. The van der Waals surface area contributed by atoms with E-state index in [0.29, 0.717) is 27.8 Å². The molecule has 5 rings (SSSR count). The standard InChI is InChI=1S/C24H19FN4O2S/c1-15(16-10-12-17(25)13-11-16)32-24-27-26-23-28(18-6-5-7-19(14-18)31-2)22(30)20-8-3-4-9-21(20)29(23)24/h3-15H,1-2H3. The highest BCUT2D eigenvalue weighted by atomic mass is 32.2. The highest BCUT2D eigenvalue weighted by Gasteiger charge is 2.20. The predicted octanol–water partition coefficient (Wildman–Crippen LogP) is 5.03. The van der Waals surface area contributed by atoms with Crippen molar-refractivity contribution in [1.29, 1.82) is 0 Å². The summed E-state index contributed by atoms with van der Waals surface area (Å²) < 4.78 is 22.1. The maximum absolute atomic E-state index is 13.4. The molecule has 160 valence electrons. The fourth-order valence-corrected chi connectivity index (χ4v) is 4.68. The van der Waals surface area contributed by atoms with Crippen molar-refractivity contribution in [2.45, 2.75) is 17.3 Å². The number of para-hydroxylation sites is 1. The Hall–Kier alpha value is -3.65. The number of thioether (sulfide) groups is 1. The third-order valence-electron chi connectivity index (χ3n) is 5.33. The predicted molar refractivity (Wildman–Crippen MR) is 123 cm³/mol. The second kappa shape index (κ2) is 8.12. The Morgan fingerprint density at radius 3 is 2.56 bits per heavy atom. The van der Waals surface area contributed by atoms with Crippen LogP contribution in [0.3, 0.4) is 0 Å². The quantitative estimate of drug-likeness (QED) is 0.354. The lowest BCUT2D eigenvalue weighted by Crippen LogP contribution is -2.21. The highest BCUT2D eigenvalue weighted by molar-refractivity contribution is 7.99. The first kappa shape index (κ1) is 20.3. The smallest absolute Gasteiger partial charge is 0.267 e. The summed E-state index contributed by atoms with van der Waals surface area (Å²) in [6, 6.07) is 21.1. The van der Waals surface area contributed by atoms with E-state index in [4.69, 9.17) is 4.74 Å². The lowest BCUT2D eigenvalue weighted by atomic mass is 10.2. The van der Waals surface area contributed by atoms with Crippen molar-refractivity contribution in [2.75, 3.05) is 7.11 Å². The second-order valence-electron chi connectivity index (χ2n) is 7.29. The zero-order valence-electron chi connectivity index (χ0n) is 17.4. The van der Waals surface area contributed by atoms with Crippen LogP contribution in [-0.4, -0.2) is 26.3 Å². The molecule has 0 aliphatic rings. The summed E-state index contributed by atoms with van der Waals surface area (Å²) in [5.41, 5.74) is 2.15. The third kappa shape index (κ3) is 3.42. The van der Waals surface area contributed by atoms with Gasteiger partial charge in [-0.05, 0) is 48.9 Å². The van der Waals surface area contributed by atoms with Crippen molar-refractivity contribution in [1.82, 2.24) is 19.2 Å². The molecular formula is C24H19FN4O2S. The second-order valence-corrected chi connectivity index (χ2v) is 8.60. The van der Waals surface area contributed by atoms with Gasteiger partial charge in [-0.3, -0.25) is 9.20 Å². The lowest BCUT2D eigenvalue weighted by molar-refractivity contribution is 0.414. The van der Waals surface area contributed by atoms with Crippen molar-refractivity contribution >= 4 is 28.4 Å². The van der Waals surface area contributed by atoms with E-state index >= 15 is 0 Å². The van der Waals surface area contributed by atoms with E-state index in [1.165, 1.54) is 23.9 Å². The first-order valence-electron chi connectivity index (χ1n) is 10.0. The maximum atomic E-state index is 13.4. The summed E-state index contributed by atoms with van der Waals surface area (Å²) in [5, 5.41) is 9.98. The summed E-state index contributed by atoms with van der Waals surface area (Å²) in [4.78, 5) is 13.4. The van der Waals surface area contributed by atoms with Crippen molar-refractivity contribution < 1.29 is 9.13 Å². The van der Waals surface area contributed by atoms with Gasteiger partial charge in [0.15, 0.2) is 5.16 Å². The Balaban J connectivity index is 1.72. The minimum Gasteiger partial charge on any atom is -0.497 e. The number of methoxy groups -OCH3 is 1. The van der Waals surface area contributed by atoms with Crippen LogP contribution in [0.2, 0.25) is 0 Å². The number of fused-ring (bicyclic) bond motifs is 3. The van der Waals surface area contributed by atoms with Crippen LogP contribution in [0.15, 0.2) is 82.7 Å². The normalized spacial score (nSPS) is 12.3. The van der Waals surface area contributed by atoms with Crippen LogP contribution in [-0.2, 0) is 0 Å². The summed E-state index contributed by atoms with van der Waals surface area (Å²) >= 11 is 1.50. The van der Waals surface area contributed by atoms with E-state index in [1.54, 1.807) is 35.9 Å². The van der Waals surface area contributed by atoms with Gasteiger partial charge in [-0.15, -0.1) is 10.2 Å². The lowest BCUT2D eigenvalue weighted by Gasteiger charge is -2.14.